The fourth-order valence-corrected chi connectivity index (χ4v) is 1.75. The van der Waals surface area contributed by atoms with Gasteiger partial charge in [0.05, 0.1) is 19.0 Å². The minimum absolute atomic E-state index is 0.453. The van der Waals surface area contributed by atoms with Crippen molar-refractivity contribution < 1.29 is 9.15 Å². The normalized spacial score (nSPS) is 10.9. The summed E-state index contributed by atoms with van der Waals surface area (Å²) in [6.45, 7) is 0.453. The lowest BCUT2D eigenvalue weighted by atomic mass is 10.3. The van der Waals surface area contributed by atoms with E-state index < -0.39 is 0 Å². The van der Waals surface area contributed by atoms with Crippen LogP contribution in [0.4, 0.5) is 5.69 Å². The monoisotopic (exact) mass is 244 g/mol. The Hall–Kier alpha value is -2.50. The lowest BCUT2D eigenvalue weighted by Gasteiger charge is -1.95. The highest BCUT2D eigenvalue weighted by molar-refractivity contribution is 5.74. The smallest absolute Gasteiger partial charge is 0.217 e. The van der Waals surface area contributed by atoms with Crippen LogP contribution in [0.1, 0.15) is 5.89 Å². The summed E-state index contributed by atoms with van der Waals surface area (Å²) in [4.78, 5) is 4.38. The van der Waals surface area contributed by atoms with Gasteiger partial charge in [-0.2, -0.15) is 5.10 Å². The zero-order chi connectivity index (χ0) is 12.5. The van der Waals surface area contributed by atoms with Crippen molar-refractivity contribution in [3.63, 3.8) is 0 Å². The first kappa shape index (κ1) is 10.6. The highest BCUT2D eigenvalue weighted by Gasteiger charge is 2.08. The molecule has 0 spiro atoms. The maximum Gasteiger partial charge on any atom is 0.217 e. The number of hydrogen-bond acceptors (Lipinski definition) is 5. The molecule has 0 saturated heterocycles. The molecular formula is C12H12N4O2. The van der Waals surface area contributed by atoms with Gasteiger partial charge >= 0.3 is 0 Å². The van der Waals surface area contributed by atoms with Crippen LogP contribution in [0.2, 0.25) is 0 Å². The largest absolute Gasteiger partial charge is 0.497 e. The molecule has 0 aliphatic carbocycles. The van der Waals surface area contributed by atoms with Gasteiger partial charge in [0.15, 0.2) is 5.58 Å². The van der Waals surface area contributed by atoms with E-state index in [9.17, 15) is 0 Å². The maximum atomic E-state index is 5.61. The van der Waals surface area contributed by atoms with Crippen LogP contribution in [0.15, 0.2) is 35.0 Å². The van der Waals surface area contributed by atoms with Crippen LogP contribution in [0.25, 0.3) is 11.1 Å². The van der Waals surface area contributed by atoms with E-state index in [1.54, 1.807) is 24.2 Å². The fourth-order valence-electron chi connectivity index (χ4n) is 1.75. The van der Waals surface area contributed by atoms with E-state index in [0.717, 1.165) is 16.8 Å². The quantitative estimate of drug-likeness (QED) is 0.758. The Labute approximate surface area is 103 Å². The minimum atomic E-state index is 0.453. The van der Waals surface area contributed by atoms with Crippen molar-refractivity contribution in [2.75, 3.05) is 12.8 Å². The summed E-state index contributed by atoms with van der Waals surface area (Å²) in [5.74, 6) is 1.34. The van der Waals surface area contributed by atoms with Crippen LogP contribution in [-0.2, 0) is 6.54 Å². The van der Waals surface area contributed by atoms with Crippen molar-refractivity contribution in [2.45, 2.75) is 6.54 Å². The summed E-state index contributed by atoms with van der Waals surface area (Å²) in [5.41, 5.74) is 7.71. The van der Waals surface area contributed by atoms with E-state index in [0.29, 0.717) is 18.1 Å². The number of methoxy groups -OCH3 is 1. The second-order valence-electron chi connectivity index (χ2n) is 3.91. The molecule has 0 aliphatic rings. The van der Waals surface area contributed by atoms with Gasteiger partial charge in [-0.15, -0.1) is 0 Å². The molecule has 0 aliphatic heterocycles. The Morgan fingerprint density at radius 2 is 2.33 bits per heavy atom. The molecule has 2 heterocycles. The van der Waals surface area contributed by atoms with Gasteiger partial charge in [-0.25, -0.2) is 4.98 Å². The zero-order valence-corrected chi connectivity index (χ0v) is 9.83. The van der Waals surface area contributed by atoms with Crippen LogP contribution >= 0.6 is 0 Å². The Morgan fingerprint density at radius 3 is 3.06 bits per heavy atom. The lowest BCUT2D eigenvalue weighted by Crippen LogP contribution is -1.99. The molecule has 0 amide bonds. The predicted molar refractivity (Wildman–Crippen MR) is 66.3 cm³/mol. The van der Waals surface area contributed by atoms with E-state index in [1.807, 2.05) is 18.2 Å². The Bertz CT molecular complexity index is 686. The number of fused-ring (bicyclic) bond motifs is 1. The Balaban J connectivity index is 1.93. The lowest BCUT2D eigenvalue weighted by molar-refractivity contribution is 0.415. The van der Waals surface area contributed by atoms with Crippen molar-refractivity contribution in [1.82, 2.24) is 14.8 Å². The first-order chi connectivity index (χ1) is 8.74. The van der Waals surface area contributed by atoms with Crippen molar-refractivity contribution in [1.29, 1.82) is 0 Å². The van der Waals surface area contributed by atoms with Gasteiger partial charge < -0.3 is 14.9 Å². The first-order valence-electron chi connectivity index (χ1n) is 5.46. The first-order valence-corrected chi connectivity index (χ1v) is 5.46. The molecule has 1 aromatic carbocycles. The molecule has 0 fully saturated rings. The average molecular weight is 244 g/mol. The fraction of sp³-hybridized carbons (Fsp3) is 0.167. The van der Waals surface area contributed by atoms with Crippen molar-refractivity contribution >= 4 is 16.8 Å². The SMILES string of the molecule is COc1ccc2oc(Cn3cc(N)cn3)nc2c1. The van der Waals surface area contributed by atoms with Crippen molar-refractivity contribution in [3.05, 3.63) is 36.5 Å². The number of nitrogens with zero attached hydrogens (tertiary/aromatic N) is 3. The van der Waals surface area contributed by atoms with Crippen LogP contribution in [0, 0.1) is 0 Å². The molecular weight excluding hydrogens is 232 g/mol. The molecule has 92 valence electrons. The van der Waals surface area contributed by atoms with Crippen molar-refractivity contribution in [3.8, 4) is 5.75 Å². The summed E-state index contributed by atoms with van der Waals surface area (Å²) >= 11 is 0. The zero-order valence-electron chi connectivity index (χ0n) is 9.83. The second kappa shape index (κ2) is 4.06. The van der Waals surface area contributed by atoms with E-state index in [1.165, 1.54) is 0 Å². The number of nitrogens with two attached hydrogens (primary N) is 1. The second-order valence-corrected chi connectivity index (χ2v) is 3.91. The number of benzene rings is 1. The number of anilines is 1. The summed E-state index contributed by atoms with van der Waals surface area (Å²) in [6, 6.07) is 5.51. The Morgan fingerprint density at radius 1 is 1.44 bits per heavy atom. The topological polar surface area (TPSA) is 79.1 Å². The summed E-state index contributed by atoms with van der Waals surface area (Å²) in [5, 5.41) is 4.08. The third kappa shape index (κ3) is 1.88. The summed E-state index contributed by atoms with van der Waals surface area (Å²) in [6.07, 6.45) is 3.32. The molecule has 18 heavy (non-hydrogen) atoms. The predicted octanol–water partition coefficient (Wildman–Crippen LogP) is 1.66. The highest BCUT2D eigenvalue weighted by Crippen LogP contribution is 2.21. The van der Waals surface area contributed by atoms with E-state index >= 15 is 0 Å². The number of ether oxygens (including phenoxy) is 1. The van der Waals surface area contributed by atoms with E-state index in [4.69, 9.17) is 14.9 Å². The molecule has 2 N–H and O–H groups in total. The number of oxazole rings is 1. The van der Waals surface area contributed by atoms with Crippen molar-refractivity contribution in [2.24, 2.45) is 0 Å². The van der Waals surface area contributed by atoms with Gasteiger partial charge in [0.2, 0.25) is 5.89 Å². The van der Waals surface area contributed by atoms with Crippen LogP contribution in [0.3, 0.4) is 0 Å². The maximum absolute atomic E-state index is 5.61. The van der Waals surface area contributed by atoms with Gasteiger partial charge in [0.25, 0.3) is 0 Å². The third-order valence-corrected chi connectivity index (χ3v) is 2.59. The number of nitrogen functional groups attached to an aromatic ring is 1. The molecule has 0 unspecified atom stereocenters. The van der Waals surface area contributed by atoms with Crippen LogP contribution in [0.5, 0.6) is 5.75 Å². The number of rotatable bonds is 3. The average Bonchev–Trinajstić information content (AvgIpc) is 2.94. The number of hydrogen-bond donors (Lipinski definition) is 1. The molecule has 0 saturated carbocycles. The van der Waals surface area contributed by atoms with Gasteiger partial charge in [-0.05, 0) is 12.1 Å². The van der Waals surface area contributed by atoms with E-state index in [-0.39, 0.29) is 0 Å². The van der Waals surface area contributed by atoms with Gasteiger partial charge in [-0.1, -0.05) is 0 Å². The molecule has 3 aromatic rings. The van der Waals surface area contributed by atoms with Gasteiger partial charge in [0.1, 0.15) is 17.8 Å². The van der Waals surface area contributed by atoms with Gasteiger partial charge in [0, 0.05) is 12.3 Å². The molecule has 0 bridgehead atoms. The standard InChI is InChI=1S/C12H12N4O2/c1-17-9-2-3-11-10(4-9)15-12(18-11)7-16-6-8(13)5-14-16/h2-6H,7,13H2,1H3. The molecule has 6 nitrogen and oxygen atoms in total. The Kier molecular flexibility index (Phi) is 2.40. The van der Waals surface area contributed by atoms with Crippen LogP contribution in [-0.4, -0.2) is 21.9 Å². The molecule has 2 aromatic heterocycles. The number of aromatic nitrogens is 3. The summed E-state index contributed by atoms with van der Waals surface area (Å²) in [7, 11) is 1.62. The molecule has 3 rings (SSSR count). The highest BCUT2D eigenvalue weighted by atomic mass is 16.5. The molecule has 6 heteroatoms. The third-order valence-electron chi connectivity index (χ3n) is 2.59. The minimum Gasteiger partial charge on any atom is -0.497 e. The molecule has 0 radical (unpaired) electrons. The van der Waals surface area contributed by atoms with Crippen LogP contribution < -0.4 is 10.5 Å². The van der Waals surface area contributed by atoms with E-state index in [2.05, 4.69) is 10.1 Å². The summed E-state index contributed by atoms with van der Waals surface area (Å²) < 4.78 is 12.4. The molecule has 0 atom stereocenters. The van der Waals surface area contributed by atoms with Gasteiger partial charge in [-0.3, -0.25) is 4.68 Å².